The number of ether oxygens (including phenoxy) is 2. The van der Waals surface area contributed by atoms with Crippen LogP contribution in [0.5, 0.6) is 11.5 Å². The fourth-order valence-electron chi connectivity index (χ4n) is 5.14. The highest BCUT2D eigenvalue weighted by molar-refractivity contribution is 5.95. The van der Waals surface area contributed by atoms with Crippen LogP contribution in [0.15, 0.2) is 54.7 Å². The van der Waals surface area contributed by atoms with Gasteiger partial charge in [-0.3, -0.25) is 4.79 Å². The molecule has 1 saturated heterocycles. The van der Waals surface area contributed by atoms with E-state index < -0.39 is 0 Å². The van der Waals surface area contributed by atoms with E-state index in [4.69, 9.17) is 24.5 Å². The molecule has 1 aliphatic heterocycles. The molecule has 2 aromatic carbocycles. The summed E-state index contributed by atoms with van der Waals surface area (Å²) in [5.74, 6) is 3.11. The third-order valence-corrected chi connectivity index (χ3v) is 7.27. The first-order chi connectivity index (χ1) is 19.0. The monoisotopic (exact) mass is 528 g/mol. The molecule has 0 spiro atoms. The first kappa shape index (κ1) is 26.5. The second-order valence-corrected chi connectivity index (χ2v) is 9.96. The van der Waals surface area contributed by atoms with Crippen LogP contribution < -0.4 is 14.4 Å². The molecule has 9 heteroatoms. The van der Waals surface area contributed by atoms with E-state index in [1.807, 2.05) is 46.1 Å². The Kier molecular flexibility index (Phi) is 7.95. The number of benzene rings is 2. The Bertz CT molecular complexity index is 1420. The topological polar surface area (TPSA) is 85.6 Å². The van der Waals surface area contributed by atoms with Crippen LogP contribution in [0.25, 0.3) is 16.7 Å². The Morgan fingerprint density at radius 2 is 1.72 bits per heavy atom. The molecule has 39 heavy (non-hydrogen) atoms. The fraction of sp³-hybridized carbons (Fsp3) is 0.400. The minimum atomic E-state index is -0.0314. The number of rotatable bonds is 8. The van der Waals surface area contributed by atoms with Crippen molar-refractivity contribution in [3.63, 3.8) is 0 Å². The molecule has 0 radical (unpaired) electrons. The van der Waals surface area contributed by atoms with E-state index >= 15 is 0 Å². The Balaban J connectivity index is 1.46. The van der Waals surface area contributed by atoms with Crippen molar-refractivity contribution in [2.75, 3.05) is 45.3 Å². The van der Waals surface area contributed by atoms with Gasteiger partial charge in [0.25, 0.3) is 5.91 Å². The average Bonchev–Trinajstić information content (AvgIpc) is 3.25. The Labute approximate surface area is 229 Å². The van der Waals surface area contributed by atoms with Crippen molar-refractivity contribution in [3.8, 4) is 17.2 Å². The number of para-hydroxylation sites is 1. The van der Waals surface area contributed by atoms with Gasteiger partial charge in [-0.2, -0.15) is 5.10 Å². The smallest absolute Gasteiger partial charge is 0.254 e. The van der Waals surface area contributed by atoms with Gasteiger partial charge >= 0.3 is 0 Å². The number of hydrogen-bond acceptors (Lipinski definition) is 7. The maximum Gasteiger partial charge on any atom is 0.254 e. The first-order valence-electron chi connectivity index (χ1n) is 13.6. The Hall–Kier alpha value is -4.14. The summed E-state index contributed by atoms with van der Waals surface area (Å²) in [7, 11) is 3.18. The van der Waals surface area contributed by atoms with Crippen molar-refractivity contribution in [1.82, 2.24) is 24.6 Å². The van der Waals surface area contributed by atoms with Crippen LogP contribution in [0, 0.1) is 0 Å². The summed E-state index contributed by atoms with van der Waals surface area (Å²) in [6, 6.07) is 15.4. The number of carbonyl (C=O) groups is 1. The number of nitrogens with zero attached hydrogens (tertiary/aromatic N) is 6. The van der Waals surface area contributed by atoms with Gasteiger partial charge in [-0.15, -0.1) is 0 Å². The fourth-order valence-corrected chi connectivity index (χ4v) is 5.14. The summed E-state index contributed by atoms with van der Waals surface area (Å²) in [5.41, 5.74) is 2.33. The molecule has 9 nitrogen and oxygen atoms in total. The van der Waals surface area contributed by atoms with Gasteiger partial charge in [0.15, 0.2) is 5.65 Å². The van der Waals surface area contributed by atoms with Crippen LogP contribution in [-0.4, -0.2) is 71.0 Å². The lowest BCUT2D eigenvalue weighted by molar-refractivity contribution is 0.0766. The lowest BCUT2D eigenvalue weighted by Gasteiger charge is -2.24. The predicted molar refractivity (Wildman–Crippen MR) is 152 cm³/mol. The van der Waals surface area contributed by atoms with Crippen molar-refractivity contribution >= 4 is 22.8 Å². The molecule has 2 aromatic heterocycles. The van der Waals surface area contributed by atoms with Crippen molar-refractivity contribution < 1.29 is 14.3 Å². The molecule has 0 unspecified atom stereocenters. The molecule has 0 saturated carbocycles. The molecule has 1 aliphatic rings. The van der Waals surface area contributed by atoms with Crippen LogP contribution in [0.1, 0.15) is 55.2 Å². The normalized spacial score (nSPS) is 14.8. The van der Waals surface area contributed by atoms with E-state index in [1.165, 1.54) is 0 Å². The molecular formula is C30H36N6O3. The molecule has 4 aromatic rings. The highest BCUT2D eigenvalue weighted by Gasteiger charge is 2.25. The number of hydrogen-bond donors (Lipinski definition) is 0. The summed E-state index contributed by atoms with van der Waals surface area (Å²) in [6.07, 6.45) is 4.76. The Morgan fingerprint density at radius 3 is 2.41 bits per heavy atom. The van der Waals surface area contributed by atoms with Gasteiger partial charge < -0.3 is 19.3 Å². The molecule has 1 fully saturated rings. The second-order valence-electron chi connectivity index (χ2n) is 9.96. The van der Waals surface area contributed by atoms with Gasteiger partial charge in [-0.1, -0.05) is 38.5 Å². The van der Waals surface area contributed by atoms with E-state index in [0.717, 1.165) is 54.2 Å². The van der Waals surface area contributed by atoms with Crippen LogP contribution in [0.2, 0.25) is 0 Å². The zero-order chi connectivity index (χ0) is 27.4. The number of fused-ring (bicyclic) bond motifs is 1. The summed E-state index contributed by atoms with van der Waals surface area (Å²) in [6.45, 7) is 7.06. The number of amides is 1. The number of carbonyl (C=O) groups excluding carboxylic acids is 1. The lowest BCUT2D eigenvalue weighted by atomic mass is 10.1. The van der Waals surface area contributed by atoms with Crippen molar-refractivity contribution in [3.05, 3.63) is 66.1 Å². The molecule has 0 aliphatic carbocycles. The molecule has 0 N–H and O–H groups in total. The third kappa shape index (κ3) is 5.53. The van der Waals surface area contributed by atoms with Crippen molar-refractivity contribution in [2.24, 2.45) is 0 Å². The van der Waals surface area contributed by atoms with E-state index in [0.29, 0.717) is 36.7 Å². The van der Waals surface area contributed by atoms with Crippen LogP contribution in [0.4, 0.5) is 5.82 Å². The molecule has 5 rings (SSSR count). The Morgan fingerprint density at radius 1 is 0.974 bits per heavy atom. The van der Waals surface area contributed by atoms with Gasteiger partial charge in [0.1, 0.15) is 23.1 Å². The molecule has 1 atom stereocenters. The zero-order valence-electron chi connectivity index (χ0n) is 23.1. The second kappa shape index (κ2) is 11.7. The maximum atomic E-state index is 13.5. The van der Waals surface area contributed by atoms with Crippen molar-refractivity contribution in [1.29, 1.82) is 0 Å². The SMILES string of the molecule is CCC[C@H](C)c1nc(N2CCCN(C(=O)c3cc(OC)cc(OC)c3)CC2)c2cnn(-c3ccccc3)c2n1. The summed E-state index contributed by atoms with van der Waals surface area (Å²) in [5, 5.41) is 5.63. The van der Waals surface area contributed by atoms with Gasteiger partial charge in [0.2, 0.25) is 0 Å². The summed E-state index contributed by atoms with van der Waals surface area (Å²) < 4.78 is 12.6. The van der Waals surface area contributed by atoms with Crippen LogP contribution in [0.3, 0.4) is 0 Å². The highest BCUT2D eigenvalue weighted by Crippen LogP contribution is 2.30. The summed E-state index contributed by atoms with van der Waals surface area (Å²) in [4.78, 5) is 27.8. The van der Waals surface area contributed by atoms with Gasteiger partial charge in [-0.05, 0) is 37.1 Å². The van der Waals surface area contributed by atoms with E-state index in [2.05, 4.69) is 18.7 Å². The van der Waals surface area contributed by atoms with Gasteiger partial charge in [0.05, 0.1) is 31.5 Å². The van der Waals surface area contributed by atoms with Crippen LogP contribution in [-0.2, 0) is 0 Å². The minimum absolute atomic E-state index is 0.0314. The maximum absolute atomic E-state index is 13.5. The average molecular weight is 529 g/mol. The molecule has 0 bridgehead atoms. The highest BCUT2D eigenvalue weighted by atomic mass is 16.5. The third-order valence-electron chi connectivity index (χ3n) is 7.27. The van der Waals surface area contributed by atoms with E-state index in [9.17, 15) is 4.79 Å². The number of methoxy groups -OCH3 is 2. The lowest BCUT2D eigenvalue weighted by Crippen LogP contribution is -2.35. The van der Waals surface area contributed by atoms with Gasteiger partial charge in [-0.25, -0.2) is 14.6 Å². The molecule has 1 amide bonds. The largest absolute Gasteiger partial charge is 0.497 e. The minimum Gasteiger partial charge on any atom is -0.497 e. The summed E-state index contributed by atoms with van der Waals surface area (Å²) >= 11 is 0. The number of aromatic nitrogens is 4. The molecule has 3 heterocycles. The standard InChI is InChI=1S/C30H36N6O3/c1-5-10-21(2)27-32-28(26-20-31-36(29(26)33-27)23-11-7-6-8-12-23)34-13-9-14-35(16-15-34)30(37)22-17-24(38-3)19-25(18-22)39-4/h6-8,11-12,17-21H,5,9-10,13-16H2,1-4H3/t21-/m0/s1. The number of anilines is 1. The van der Waals surface area contributed by atoms with Crippen molar-refractivity contribution in [2.45, 2.75) is 39.0 Å². The first-order valence-corrected chi connectivity index (χ1v) is 13.6. The van der Waals surface area contributed by atoms with Crippen LogP contribution >= 0.6 is 0 Å². The quantitative estimate of drug-likeness (QED) is 0.315. The zero-order valence-corrected chi connectivity index (χ0v) is 23.1. The van der Waals surface area contributed by atoms with Gasteiger partial charge in [0, 0.05) is 43.7 Å². The predicted octanol–water partition coefficient (Wildman–Crippen LogP) is 5.09. The van der Waals surface area contributed by atoms with E-state index in [-0.39, 0.29) is 11.8 Å². The van der Waals surface area contributed by atoms with E-state index in [1.54, 1.807) is 32.4 Å². The molecular weight excluding hydrogens is 492 g/mol. The molecule has 204 valence electrons.